The van der Waals surface area contributed by atoms with Gasteiger partial charge in [0, 0.05) is 38.8 Å². The molecule has 1 heterocycles. The van der Waals surface area contributed by atoms with Crippen molar-refractivity contribution >= 4 is 16.0 Å². The number of halogens is 2. The zero-order valence-corrected chi connectivity index (χ0v) is 16.1. The average molecular weight is 410 g/mol. The van der Waals surface area contributed by atoms with E-state index in [0.717, 1.165) is 17.7 Å². The van der Waals surface area contributed by atoms with Gasteiger partial charge in [-0.25, -0.2) is 22.0 Å². The van der Waals surface area contributed by atoms with Gasteiger partial charge < -0.3 is 4.74 Å². The van der Waals surface area contributed by atoms with Crippen LogP contribution in [0, 0.1) is 11.6 Å². The summed E-state index contributed by atoms with van der Waals surface area (Å²) in [6, 6.07) is 9.46. The molecule has 0 N–H and O–H groups in total. The number of nitrogens with zero attached hydrogens (tertiary/aromatic N) is 2. The summed E-state index contributed by atoms with van der Waals surface area (Å²) in [6.45, 7) is 1.96. The Morgan fingerprint density at radius 2 is 1.68 bits per heavy atom. The molecule has 1 fully saturated rings. The van der Waals surface area contributed by atoms with E-state index in [4.69, 9.17) is 0 Å². The van der Waals surface area contributed by atoms with Crippen LogP contribution in [0.5, 0.6) is 0 Å². The summed E-state index contributed by atoms with van der Waals surface area (Å²) in [5.41, 5.74) is 1.44. The second kappa shape index (κ2) is 8.34. The molecule has 6 nitrogen and oxygen atoms in total. The first-order valence-corrected chi connectivity index (χ1v) is 10.1. The fourth-order valence-corrected chi connectivity index (χ4v) is 4.54. The first kappa shape index (κ1) is 20.4. The van der Waals surface area contributed by atoms with Gasteiger partial charge in [-0.3, -0.25) is 4.90 Å². The Balaban J connectivity index is 1.62. The van der Waals surface area contributed by atoms with Gasteiger partial charge in [-0.05, 0) is 29.8 Å². The van der Waals surface area contributed by atoms with Crippen molar-refractivity contribution in [1.82, 2.24) is 9.21 Å². The Labute approximate surface area is 162 Å². The summed E-state index contributed by atoms with van der Waals surface area (Å²) in [5.74, 6) is -2.31. The lowest BCUT2D eigenvalue weighted by atomic mass is 10.1. The molecule has 0 bridgehead atoms. The maximum atomic E-state index is 13.9. The topological polar surface area (TPSA) is 66.9 Å². The third-order valence-electron chi connectivity index (χ3n) is 4.62. The Kier molecular flexibility index (Phi) is 6.07. The smallest absolute Gasteiger partial charge is 0.337 e. The van der Waals surface area contributed by atoms with Crippen LogP contribution in [0.25, 0.3) is 0 Å². The van der Waals surface area contributed by atoms with Gasteiger partial charge in [0.1, 0.15) is 16.5 Å². The molecule has 0 unspecified atom stereocenters. The number of methoxy groups -OCH3 is 1. The van der Waals surface area contributed by atoms with E-state index in [9.17, 15) is 22.0 Å². The third kappa shape index (κ3) is 4.37. The predicted molar refractivity (Wildman–Crippen MR) is 98.2 cm³/mol. The SMILES string of the molecule is COC(=O)c1ccc(CN2CCN(S(=O)(=O)c3ccc(F)cc3F)CC2)cc1. The number of rotatable bonds is 5. The van der Waals surface area contributed by atoms with Crippen molar-refractivity contribution in [1.29, 1.82) is 0 Å². The van der Waals surface area contributed by atoms with Gasteiger partial charge in [-0.2, -0.15) is 4.31 Å². The first-order chi connectivity index (χ1) is 13.3. The highest BCUT2D eigenvalue weighted by molar-refractivity contribution is 7.89. The Morgan fingerprint density at radius 3 is 2.25 bits per heavy atom. The standard InChI is InChI=1S/C19H20F2N2O4S/c1-27-19(24)15-4-2-14(3-5-15)13-22-8-10-23(11-9-22)28(25,26)18-7-6-16(20)12-17(18)21/h2-7,12H,8-11,13H2,1H3. The molecule has 0 aromatic heterocycles. The van der Waals surface area contributed by atoms with Crippen LogP contribution in [0.2, 0.25) is 0 Å². The van der Waals surface area contributed by atoms with Crippen molar-refractivity contribution in [2.45, 2.75) is 11.4 Å². The molecule has 1 saturated heterocycles. The van der Waals surface area contributed by atoms with E-state index in [-0.39, 0.29) is 13.1 Å². The predicted octanol–water partition coefficient (Wildman–Crippen LogP) is 2.26. The van der Waals surface area contributed by atoms with Crippen LogP contribution in [-0.4, -0.2) is 56.9 Å². The minimum Gasteiger partial charge on any atom is -0.465 e. The molecule has 3 rings (SSSR count). The molecule has 1 aliphatic heterocycles. The van der Waals surface area contributed by atoms with Gasteiger partial charge >= 0.3 is 5.97 Å². The maximum Gasteiger partial charge on any atom is 0.337 e. The Hall–Kier alpha value is -2.36. The zero-order valence-electron chi connectivity index (χ0n) is 15.3. The van der Waals surface area contributed by atoms with E-state index < -0.39 is 32.5 Å². The quantitative estimate of drug-likeness (QED) is 0.708. The lowest BCUT2D eigenvalue weighted by Crippen LogP contribution is -2.48. The van der Waals surface area contributed by atoms with Crippen molar-refractivity contribution in [2.24, 2.45) is 0 Å². The van der Waals surface area contributed by atoms with Crippen molar-refractivity contribution in [3.05, 3.63) is 65.2 Å². The van der Waals surface area contributed by atoms with Crippen LogP contribution in [-0.2, 0) is 21.3 Å². The second-order valence-electron chi connectivity index (χ2n) is 6.44. The fourth-order valence-electron chi connectivity index (χ4n) is 3.07. The van der Waals surface area contributed by atoms with Gasteiger partial charge in [0.05, 0.1) is 12.7 Å². The zero-order chi connectivity index (χ0) is 20.3. The number of hydrogen-bond acceptors (Lipinski definition) is 5. The van der Waals surface area contributed by atoms with Crippen LogP contribution in [0.3, 0.4) is 0 Å². The average Bonchev–Trinajstić information content (AvgIpc) is 2.68. The van der Waals surface area contributed by atoms with Gasteiger partial charge in [0.25, 0.3) is 0 Å². The van der Waals surface area contributed by atoms with Crippen molar-refractivity contribution in [2.75, 3.05) is 33.3 Å². The van der Waals surface area contributed by atoms with E-state index in [1.54, 1.807) is 12.1 Å². The highest BCUT2D eigenvalue weighted by Crippen LogP contribution is 2.22. The van der Waals surface area contributed by atoms with Crippen molar-refractivity contribution < 1.29 is 26.7 Å². The summed E-state index contributed by atoms with van der Waals surface area (Å²) in [4.78, 5) is 13.0. The van der Waals surface area contributed by atoms with Crippen LogP contribution >= 0.6 is 0 Å². The van der Waals surface area contributed by atoms with Crippen molar-refractivity contribution in [3.63, 3.8) is 0 Å². The highest BCUT2D eigenvalue weighted by Gasteiger charge is 2.30. The molecule has 150 valence electrons. The normalized spacial score (nSPS) is 16.1. The summed E-state index contributed by atoms with van der Waals surface area (Å²) in [5, 5.41) is 0. The maximum absolute atomic E-state index is 13.9. The number of sulfonamides is 1. The highest BCUT2D eigenvalue weighted by atomic mass is 32.2. The molecule has 0 atom stereocenters. The first-order valence-electron chi connectivity index (χ1n) is 8.66. The fraction of sp³-hybridized carbons (Fsp3) is 0.316. The molecule has 0 radical (unpaired) electrons. The summed E-state index contributed by atoms with van der Waals surface area (Å²) in [7, 11) is -2.69. The summed E-state index contributed by atoms with van der Waals surface area (Å²) >= 11 is 0. The molecule has 0 amide bonds. The van der Waals surface area contributed by atoms with Gasteiger partial charge in [0.2, 0.25) is 10.0 Å². The molecule has 0 saturated carbocycles. The van der Waals surface area contributed by atoms with E-state index in [1.165, 1.54) is 11.4 Å². The molecule has 28 heavy (non-hydrogen) atoms. The van der Waals surface area contributed by atoms with Gasteiger partial charge in [-0.15, -0.1) is 0 Å². The third-order valence-corrected chi connectivity index (χ3v) is 6.56. The van der Waals surface area contributed by atoms with Crippen molar-refractivity contribution in [3.8, 4) is 0 Å². The van der Waals surface area contributed by atoms with E-state index >= 15 is 0 Å². The number of ether oxygens (including phenoxy) is 1. The molecular weight excluding hydrogens is 390 g/mol. The molecule has 9 heteroatoms. The number of hydrogen-bond donors (Lipinski definition) is 0. The molecular formula is C19H20F2N2O4S. The van der Waals surface area contributed by atoms with Gasteiger partial charge in [-0.1, -0.05) is 12.1 Å². The number of esters is 1. The Morgan fingerprint density at radius 1 is 1.04 bits per heavy atom. The van der Waals surface area contributed by atoms with E-state index in [2.05, 4.69) is 9.64 Å². The Bertz CT molecular complexity index is 956. The van der Waals surface area contributed by atoms with Crippen LogP contribution < -0.4 is 0 Å². The lowest BCUT2D eigenvalue weighted by molar-refractivity contribution is 0.0600. The number of carbonyl (C=O) groups is 1. The molecule has 0 spiro atoms. The molecule has 2 aromatic rings. The molecule has 2 aromatic carbocycles. The van der Waals surface area contributed by atoms with E-state index in [1.807, 2.05) is 12.1 Å². The lowest BCUT2D eigenvalue weighted by Gasteiger charge is -2.34. The van der Waals surface area contributed by atoms with Crippen LogP contribution in [0.15, 0.2) is 47.4 Å². The van der Waals surface area contributed by atoms with Gasteiger partial charge in [0.15, 0.2) is 0 Å². The minimum absolute atomic E-state index is 0.208. The second-order valence-corrected chi connectivity index (χ2v) is 8.35. The number of benzene rings is 2. The summed E-state index contributed by atoms with van der Waals surface area (Å²) < 4.78 is 58.0. The number of carbonyl (C=O) groups excluding carboxylic acids is 1. The van der Waals surface area contributed by atoms with Crippen LogP contribution in [0.4, 0.5) is 8.78 Å². The number of piperazine rings is 1. The van der Waals surface area contributed by atoms with Crippen LogP contribution in [0.1, 0.15) is 15.9 Å². The monoisotopic (exact) mass is 410 g/mol. The largest absolute Gasteiger partial charge is 0.465 e. The minimum atomic E-state index is -4.01. The van der Waals surface area contributed by atoms with E-state index in [0.29, 0.717) is 31.3 Å². The molecule has 0 aliphatic carbocycles. The molecule has 1 aliphatic rings. The summed E-state index contributed by atoms with van der Waals surface area (Å²) in [6.07, 6.45) is 0.